The van der Waals surface area contributed by atoms with Crippen molar-refractivity contribution in [2.45, 2.75) is 20.8 Å². The van der Waals surface area contributed by atoms with E-state index in [9.17, 15) is 4.79 Å². The Balaban J connectivity index is 0. The first kappa shape index (κ1) is 15.1. The molecule has 0 saturated heterocycles. The molecule has 0 aliphatic heterocycles. The van der Waals surface area contributed by atoms with Crippen LogP contribution in [0.5, 0.6) is 0 Å². The van der Waals surface area contributed by atoms with Gasteiger partial charge in [0, 0.05) is 0 Å². The van der Waals surface area contributed by atoms with Gasteiger partial charge in [-0.1, -0.05) is 49.7 Å². The second kappa shape index (κ2) is 11.6. The molecule has 0 aliphatic carbocycles. The summed E-state index contributed by atoms with van der Waals surface area (Å²) in [7, 11) is 0. The summed E-state index contributed by atoms with van der Waals surface area (Å²) in [4.78, 5) is 9.24. The van der Waals surface area contributed by atoms with Gasteiger partial charge in [-0.25, -0.2) is 0 Å². The molecular weight excluding hydrogens is 178 g/mol. The van der Waals surface area contributed by atoms with E-state index in [1.54, 1.807) is 0 Å². The van der Waals surface area contributed by atoms with Gasteiger partial charge in [0.1, 0.15) is 0 Å². The van der Waals surface area contributed by atoms with Crippen LogP contribution in [-0.2, 0) is 4.79 Å². The molecule has 0 spiro atoms. The highest BCUT2D eigenvalue weighted by molar-refractivity contribution is 5.68. The smallest absolute Gasteiger partial charge is 0.317 e. The van der Waals surface area contributed by atoms with Gasteiger partial charge in [-0.2, -0.15) is 0 Å². The van der Waals surface area contributed by atoms with Crippen LogP contribution in [0.3, 0.4) is 0 Å². The molecule has 80 valence electrons. The maximum atomic E-state index is 9.24. The minimum atomic E-state index is -0.968. The number of aryl methyl sites for hydroxylation is 1. The van der Waals surface area contributed by atoms with Gasteiger partial charge in [-0.15, -0.1) is 0 Å². The van der Waals surface area contributed by atoms with Crippen molar-refractivity contribution in [2.75, 3.05) is 6.54 Å². The van der Waals surface area contributed by atoms with Crippen molar-refractivity contribution >= 4 is 5.97 Å². The summed E-state index contributed by atoms with van der Waals surface area (Å²) < 4.78 is 0. The van der Waals surface area contributed by atoms with Gasteiger partial charge >= 0.3 is 5.97 Å². The molecule has 0 saturated carbocycles. The zero-order valence-electron chi connectivity index (χ0n) is 9.03. The molecule has 0 unspecified atom stereocenters. The molecule has 0 atom stereocenters. The van der Waals surface area contributed by atoms with Gasteiger partial charge in [0.25, 0.3) is 0 Å². The quantitative estimate of drug-likeness (QED) is 0.724. The SMILES string of the molecule is CC.Cc1ccccc1.NCC(=O)O. The van der Waals surface area contributed by atoms with Crippen molar-refractivity contribution in [1.29, 1.82) is 0 Å². The maximum Gasteiger partial charge on any atom is 0.317 e. The van der Waals surface area contributed by atoms with E-state index in [-0.39, 0.29) is 6.54 Å². The average Bonchev–Trinajstić information content (AvgIpc) is 2.23. The third-order valence-electron chi connectivity index (χ3n) is 1.12. The van der Waals surface area contributed by atoms with Crippen molar-refractivity contribution < 1.29 is 9.90 Å². The topological polar surface area (TPSA) is 63.3 Å². The Labute approximate surface area is 85.6 Å². The highest BCUT2D eigenvalue weighted by Crippen LogP contribution is 1.92. The fourth-order valence-corrected chi connectivity index (χ4v) is 0.534. The van der Waals surface area contributed by atoms with Gasteiger partial charge in [0.05, 0.1) is 6.54 Å². The lowest BCUT2D eigenvalue weighted by Crippen LogP contribution is -2.10. The lowest BCUT2D eigenvalue weighted by Gasteiger charge is -1.82. The van der Waals surface area contributed by atoms with Crippen molar-refractivity contribution in [1.82, 2.24) is 0 Å². The summed E-state index contributed by atoms with van der Waals surface area (Å²) in [6.07, 6.45) is 0. The molecule has 0 amide bonds. The van der Waals surface area contributed by atoms with Crippen molar-refractivity contribution in [2.24, 2.45) is 5.73 Å². The number of nitrogens with two attached hydrogens (primary N) is 1. The van der Waals surface area contributed by atoms with Gasteiger partial charge in [-0.05, 0) is 6.92 Å². The molecular formula is C11H19NO2. The number of hydrogen-bond acceptors (Lipinski definition) is 2. The number of aliphatic carboxylic acids is 1. The number of carboxylic acids is 1. The van der Waals surface area contributed by atoms with Crippen LogP contribution in [0.2, 0.25) is 0 Å². The molecule has 0 aliphatic rings. The highest BCUT2D eigenvalue weighted by Gasteiger charge is 1.81. The zero-order valence-corrected chi connectivity index (χ0v) is 9.03. The molecule has 1 rings (SSSR count). The summed E-state index contributed by atoms with van der Waals surface area (Å²) in [5.41, 5.74) is 5.89. The molecule has 0 heterocycles. The van der Waals surface area contributed by atoms with Crippen LogP contribution in [0.25, 0.3) is 0 Å². The van der Waals surface area contributed by atoms with Crippen LogP contribution in [-0.4, -0.2) is 17.6 Å². The molecule has 3 N–H and O–H groups in total. The second-order valence-electron chi connectivity index (χ2n) is 2.25. The molecule has 0 radical (unpaired) electrons. The first-order valence-corrected chi connectivity index (χ1v) is 4.60. The number of hydrogen-bond donors (Lipinski definition) is 2. The normalized spacial score (nSPS) is 7.43. The van der Waals surface area contributed by atoms with E-state index in [0.29, 0.717) is 0 Å². The zero-order chi connectivity index (χ0) is 11.4. The van der Waals surface area contributed by atoms with E-state index < -0.39 is 5.97 Å². The number of carbonyl (C=O) groups is 1. The van der Waals surface area contributed by atoms with E-state index in [2.05, 4.69) is 24.8 Å². The van der Waals surface area contributed by atoms with E-state index in [1.165, 1.54) is 5.56 Å². The van der Waals surface area contributed by atoms with Crippen LogP contribution in [0.1, 0.15) is 19.4 Å². The van der Waals surface area contributed by atoms with Gasteiger partial charge in [0.15, 0.2) is 0 Å². The van der Waals surface area contributed by atoms with Crippen molar-refractivity contribution in [3.63, 3.8) is 0 Å². The van der Waals surface area contributed by atoms with Gasteiger partial charge in [-0.3, -0.25) is 4.79 Å². The Hall–Kier alpha value is -1.35. The maximum absolute atomic E-state index is 9.24. The molecule has 3 heteroatoms. The lowest BCUT2D eigenvalue weighted by atomic mass is 10.2. The van der Waals surface area contributed by atoms with E-state index in [4.69, 9.17) is 5.11 Å². The monoisotopic (exact) mass is 197 g/mol. The first-order chi connectivity index (χ1) is 6.66. The largest absolute Gasteiger partial charge is 0.480 e. The fourth-order valence-electron chi connectivity index (χ4n) is 0.534. The predicted octanol–water partition coefficient (Wildman–Crippen LogP) is 2.05. The predicted molar refractivity (Wildman–Crippen MR) is 59.2 cm³/mol. The average molecular weight is 197 g/mol. The highest BCUT2D eigenvalue weighted by atomic mass is 16.4. The van der Waals surface area contributed by atoms with Crippen LogP contribution in [0.4, 0.5) is 0 Å². The third-order valence-corrected chi connectivity index (χ3v) is 1.12. The standard InChI is InChI=1S/C7H8.C2H5NO2.C2H6/c1-7-5-3-2-4-6-7;3-1-2(4)5;1-2/h2-6H,1H3;1,3H2,(H,4,5);1-2H3. The third kappa shape index (κ3) is 13.3. The van der Waals surface area contributed by atoms with E-state index in [1.807, 2.05) is 32.0 Å². The van der Waals surface area contributed by atoms with Crippen LogP contribution < -0.4 is 5.73 Å². The Morgan fingerprint density at radius 1 is 1.29 bits per heavy atom. The Bertz CT molecular complexity index is 222. The molecule has 14 heavy (non-hydrogen) atoms. The van der Waals surface area contributed by atoms with Gasteiger partial charge in [0.2, 0.25) is 0 Å². The second-order valence-corrected chi connectivity index (χ2v) is 2.25. The number of carboxylic acid groups (broad SMARTS) is 1. The van der Waals surface area contributed by atoms with Crippen LogP contribution in [0, 0.1) is 6.92 Å². The molecule has 1 aromatic carbocycles. The fraction of sp³-hybridized carbons (Fsp3) is 0.364. The number of benzene rings is 1. The van der Waals surface area contributed by atoms with E-state index in [0.717, 1.165) is 0 Å². The molecule has 0 bridgehead atoms. The van der Waals surface area contributed by atoms with Crippen LogP contribution >= 0.6 is 0 Å². The summed E-state index contributed by atoms with van der Waals surface area (Å²) in [6.45, 7) is 5.81. The Morgan fingerprint density at radius 3 is 1.79 bits per heavy atom. The van der Waals surface area contributed by atoms with E-state index >= 15 is 0 Å². The first-order valence-electron chi connectivity index (χ1n) is 4.60. The lowest BCUT2D eigenvalue weighted by molar-refractivity contribution is -0.135. The molecule has 3 nitrogen and oxygen atoms in total. The summed E-state index contributed by atoms with van der Waals surface area (Å²) in [5, 5.41) is 7.60. The van der Waals surface area contributed by atoms with Crippen molar-refractivity contribution in [3.05, 3.63) is 35.9 Å². The molecule has 0 fully saturated rings. The minimum Gasteiger partial charge on any atom is -0.480 e. The Kier molecular flexibility index (Phi) is 12.6. The molecule has 1 aromatic rings. The van der Waals surface area contributed by atoms with Crippen molar-refractivity contribution in [3.8, 4) is 0 Å². The number of rotatable bonds is 1. The summed E-state index contributed by atoms with van der Waals surface area (Å²) in [5.74, 6) is -0.968. The minimum absolute atomic E-state index is 0.278. The van der Waals surface area contributed by atoms with Crippen LogP contribution in [0.15, 0.2) is 30.3 Å². The van der Waals surface area contributed by atoms with Gasteiger partial charge < -0.3 is 10.8 Å². The summed E-state index contributed by atoms with van der Waals surface area (Å²) >= 11 is 0. The summed E-state index contributed by atoms with van der Waals surface area (Å²) in [6, 6.07) is 10.3. The molecule has 0 aromatic heterocycles. The Morgan fingerprint density at radius 2 is 1.64 bits per heavy atom.